The highest BCUT2D eigenvalue weighted by Crippen LogP contribution is 2.26. The fourth-order valence-corrected chi connectivity index (χ4v) is 2.64. The van der Waals surface area contributed by atoms with Gasteiger partial charge in [0.05, 0.1) is 5.25 Å². The Morgan fingerprint density at radius 2 is 2.25 bits per heavy atom. The molecule has 4 nitrogen and oxygen atoms in total. The van der Waals surface area contributed by atoms with Gasteiger partial charge in [0.2, 0.25) is 5.91 Å². The first-order valence-corrected chi connectivity index (χ1v) is 6.45. The van der Waals surface area contributed by atoms with E-state index < -0.39 is 0 Å². The van der Waals surface area contributed by atoms with Crippen molar-refractivity contribution in [3.63, 3.8) is 0 Å². The third-order valence-corrected chi connectivity index (χ3v) is 3.75. The summed E-state index contributed by atoms with van der Waals surface area (Å²) in [5.41, 5.74) is 0. The molecular formula is C10H12ClN3OS. The van der Waals surface area contributed by atoms with Crippen molar-refractivity contribution in [2.24, 2.45) is 0 Å². The number of carbonyl (C=O) groups is 1. The van der Waals surface area contributed by atoms with Crippen LogP contribution >= 0.6 is 23.4 Å². The Kier molecular flexibility index (Phi) is 4.01. The van der Waals surface area contributed by atoms with E-state index in [9.17, 15) is 4.79 Å². The van der Waals surface area contributed by atoms with Gasteiger partial charge in [-0.1, -0.05) is 29.8 Å². The highest BCUT2D eigenvalue weighted by Gasteiger charge is 2.22. The molecule has 1 amide bonds. The third-order valence-electron chi connectivity index (χ3n) is 2.36. The van der Waals surface area contributed by atoms with Crippen LogP contribution in [0.15, 0.2) is 17.2 Å². The van der Waals surface area contributed by atoms with Gasteiger partial charge in [-0.3, -0.25) is 4.79 Å². The second-order valence-electron chi connectivity index (χ2n) is 3.59. The van der Waals surface area contributed by atoms with Crippen molar-refractivity contribution in [2.75, 3.05) is 6.54 Å². The zero-order valence-electron chi connectivity index (χ0n) is 8.65. The van der Waals surface area contributed by atoms with Gasteiger partial charge in [0.15, 0.2) is 5.15 Å². The van der Waals surface area contributed by atoms with Gasteiger partial charge in [-0.25, -0.2) is 0 Å². The molecule has 16 heavy (non-hydrogen) atoms. The SMILES string of the molecule is O=C1NCCCCC1Sc1ccc(Cl)nn1. The first kappa shape index (κ1) is 11.7. The van der Waals surface area contributed by atoms with Crippen LogP contribution in [-0.4, -0.2) is 27.9 Å². The molecule has 1 unspecified atom stereocenters. The molecule has 86 valence electrons. The fraction of sp³-hybridized carbons (Fsp3) is 0.500. The van der Waals surface area contributed by atoms with Crippen LogP contribution in [0.2, 0.25) is 5.15 Å². The number of carbonyl (C=O) groups excluding carboxylic acids is 1. The zero-order chi connectivity index (χ0) is 11.4. The Labute approximate surface area is 103 Å². The summed E-state index contributed by atoms with van der Waals surface area (Å²) in [5, 5.41) is 11.6. The van der Waals surface area contributed by atoms with Crippen LogP contribution in [0.5, 0.6) is 0 Å². The van der Waals surface area contributed by atoms with Crippen molar-refractivity contribution >= 4 is 29.3 Å². The molecule has 6 heteroatoms. The highest BCUT2D eigenvalue weighted by molar-refractivity contribution is 8.00. The molecule has 0 spiro atoms. The Hall–Kier alpha value is -0.810. The van der Waals surface area contributed by atoms with E-state index in [-0.39, 0.29) is 11.2 Å². The maximum atomic E-state index is 11.7. The number of halogens is 1. The quantitative estimate of drug-likeness (QED) is 0.879. The normalized spacial score (nSPS) is 21.3. The Bertz CT molecular complexity index is 371. The Balaban J connectivity index is 2.02. The van der Waals surface area contributed by atoms with Crippen LogP contribution in [0, 0.1) is 0 Å². The van der Waals surface area contributed by atoms with E-state index in [1.165, 1.54) is 11.8 Å². The molecule has 2 heterocycles. The Morgan fingerprint density at radius 3 is 3.00 bits per heavy atom. The van der Waals surface area contributed by atoms with Crippen molar-refractivity contribution in [1.82, 2.24) is 15.5 Å². The lowest BCUT2D eigenvalue weighted by Crippen LogP contribution is -2.30. The zero-order valence-corrected chi connectivity index (χ0v) is 10.2. The molecule has 1 aliphatic rings. The van der Waals surface area contributed by atoms with Crippen LogP contribution in [0.1, 0.15) is 19.3 Å². The molecule has 1 aromatic rings. The number of hydrogen-bond donors (Lipinski definition) is 1. The number of nitrogens with one attached hydrogen (secondary N) is 1. The standard InChI is InChI=1S/C10H12ClN3OS/c11-8-4-5-9(14-13-8)16-7-3-1-2-6-12-10(7)15/h4-5,7H,1-3,6H2,(H,12,15). The molecule has 2 rings (SSSR count). The van der Waals surface area contributed by atoms with E-state index in [0.29, 0.717) is 5.15 Å². The maximum Gasteiger partial charge on any atom is 0.233 e. The van der Waals surface area contributed by atoms with Gasteiger partial charge in [-0.15, -0.1) is 10.2 Å². The number of thioether (sulfide) groups is 1. The first-order valence-electron chi connectivity index (χ1n) is 5.19. The minimum atomic E-state index is -0.0574. The van der Waals surface area contributed by atoms with E-state index in [4.69, 9.17) is 11.6 Å². The minimum absolute atomic E-state index is 0.0574. The highest BCUT2D eigenvalue weighted by atomic mass is 35.5. The van der Waals surface area contributed by atoms with Gasteiger partial charge in [0.1, 0.15) is 5.03 Å². The summed E-state index contributed by atoms with van der Waals surface area (Å²) in [6.07, 6.45) is 3.01. The van der Waals surface area contributed by atoms with Crippen molar-refractivity contribution in [1.29, 1.82) is 0 Å². The molecule has 1 atom stereocenters. The number of hydrogen-bond acceptors (Lipinski definition) is 4. The summed E-state index contributed by atoms with van der Waals surface area (Å²) in [6.45, 7) is 0.780. The summed E-state index contributed by atoms with van der Waals surface area (Å²) >= 11 is 7.10. The number of aromatic nitrogens is 2. The van der Waals surface area contributed by atoms with E-state index in [2.05, 4.69) is 15.5 Å². The van der Waals surface area contributed by atoms with Crippen LogP contribution in [0.25, 0.3) is 0 Å². The summed E-state index contributed by atoms with van der Waals surface area (Å²) < 4.78 is 0. The van der Waals surface area contributed by atoms with E-state index in [0.717, 1.165) is 30.8 Å². The molecule has 1 aromatic heterocycles. The predicted octanol–water partition coefficient (Wildman–Crippen LogP) is 1.89. The van der Waals surface area contributed by atoms with Gasteiger partial charge in [-0.2, -0.15) is 0 Å². The van der Waals surface area contributed by atoms with Crippen molar-refractivity contribution in [2.45, 2.75) is 29.5 Å². The van der Waals surface area contributed by atoms with Gasteiger partial charge in [0, 0.05) is 6.54 Å². The molecule has 0 aliphatic carbocycles. The van der Waals surface area contributed by atoms with Crippen LogP contribution in [0.3, 0.4) is 0 Å². The average Bonchev–Trinajstić information content (AvgIpc) is 2.48. The first-order chi connectivity index (χ1) is 7.75. The lowest BCUT2D eigenvalue weighted by atomic mass is 10.2. The van der Waals surface area contributed by atoms with Crippen LogP contribution in [0.4, 0.5) is 0 Å². The molecule has 1 saturated heterocycles. The number of rotatable bonds is 2. The van der Waals surface area contributed by atoms with Crippen molar-refractivity contribution in [3.8, 4) is 0 Å². The number of amides is 1. The molecule has 0 aromatic carbocycles. The smallest absolute Gasteiger partial charge is 0.233 e. The second-order valence-corrected chi connectivity index (χ2v) is 5.20. The second kappa shape index (κ2) is 5.50. The van der Waals surface area contributed by atoms with Gasteiger partial charge in [0.25, 0.3) is 0 Å². The van der Waals surface area contributed by atoms with Gasteiger partial charge < -0.3 is 5.32 Å². The third kappa shape index (κ3) is 3.09. The van der Waals surface area contributed by atoms with Crippen molar-refractivity contribution < 1.29 is 4.79 Å². The molecule has 1 fully saturated rings. The Morgan fingerprint density at radius 1 is 1.38 bits per heavy atom. The average molecular weight is 258 g/mol. The van der Waals surface area contributed by atoms with E-state index >= 15 is 0 Å². The monoisotopic (exact) mass is 257 g/mol. The van der Waals surface area contributed by atoms with E-state index in [1.807, 2.05) is 0 Å². The van der Waals surface area contributed by atoms with E-state index in [1.54, 1.807) is 12.1 Å². The molecule has 0 bridgehead atoms. The lowest BCUT2D eigenvalue weighted by molar-refractivity contribution is -0.120. The maximum absolute atomic E-state index is 11.7. The summed E-state index contributed by atoms with van der Waals surface area (Å²) in [4.78, 5) is 11.7. The van der Waals surface area contributed by atoms with Gasteiger partial charge in [-0.05, 0) is 25.0 Å². The largest absolute Gasteiger partial charge is 0.355 e. The minimum Gasteiger partial charge on any atom is -0.355 e. The summed E-state index contributed by atoms with van der Waals surface area (Å²) in [6, 6.07) is 3.48. The van der Waals surface area contributed by atoms with Crippen molar-refractivity contribution in [3.05, 3.63) is 17.3 Å². The van der Waals surface area contributed by atoms with Crippen LogP contribution in [-0.2, 0) is 4.79 Å². The lowest BCUT2D eigenvalue weighted by Gasteiger charge is -2.11. The summed E-state index contributed by atoms with van der Waals surface area (Å²) in [7, 11) is 0. The number of nitrogens with zero attached hydrogens (tertiary/aromatic N) is 2. The molecule has 1 N–H and O–H groups in total. The fourth-order valence-electron chi connectivity index (χ4n) is 1.54. The van der Waals surface area contributed by atoms with Crippen LogP contribution < -0.4 is 5.32 Å². The molecule has 1 aliphatic heterocycles. The van der Waals surface area contributed by atoms with Gasteiger partial charge >= 0.3 is 0 Å². The molecular weight excluding hydrogens is 246 g/mol. The summed E-state index contributed by atoms with van der Waals surface area (Å²) in [5.74, 6) is 0.0965. The predicted molar refractivity (Wildman–Crippen MR) is 63.5 cm³/mol. The molecule has 0 radical (unpaired) electrons. The molecule has 0 saturated carbocycles. The topological polar surface area (TPSA) is 54.9 Å².